The van der Waals surface area contributed by atoms with Gasteiger partial charge in [-0.05, 0) is 12.0 Å². The predicted octanol–water partition coefficient (Wildman–Crippen LogP) is 2.01. The Balaban J connectivity index is 2.35. The zero-order valence-corrected chi connectivity index (χ0v) is 8.04. The van der Waals surface area contributed by atoms with Gasteiger partial charge < -0.3 is 4.55 Å². The van der Waals surface area contributed by atoms with E-state index in [1.165, 1.54) is 5.56 Å². The van der Waals surface area contributed by atoms with E-state index in [1.54, 1.807) is 6.08 Å². The number of allylic oxidation sites excluding steroid dienone is 1. The first-order valence-corrected chi connectivity index (χ1v) is 5.33. The first kappa shape index (κ1) is 10.2. The van der Waals surface area contributed by atoms with Crippen molar-refractivity contribution in [3.8, 4) is 0 Å². The van der Waals surface area contributed by atoms with Gasteiger partial charge in [0.05, 0.1) is 5.75 Å². The first-order chi connectivity index (χ1) is 6.29. The average Bonchev–Trinajstić information content (AvgIpc) is 2.14. The number of benzene rings is 1. The van der Waals surface area contributed by atoms with Crippen LogP contribution in [0.5, 0.6) is 0 Å². The Morgan fingerprint density at radius 1 is 1.23 bits per heavy atom. The first-order valence-electron chi connectivity index (χ1n) is 4.05. The molecular formula is C10H12O2S. The van der Waals surface area contributed by atoms with Gasteiger partial charge in [0.2, 0.25) is 0 Å². The summed E-state index contributed by atoms with van der Waals surface area (Å²) in [6, 6.07) is 9.98. The van der Waals surface area contributed by atoms with Crippen molar-refractivity contribution < 1.29 is 8.76 Å². The molecule has 13 heavy (non-hydrogen) atoms. The van der Waals surface area contributed by atoms with Crippen LogP contribution in [0.1, 0.15) is 5.56 Å². The van der Waals surface area contributed by atoms with E-state index in [9.17, 15) is 4.21 Å². The van der Waals surface area contributed by atoms with Crippen LogP contribution in [0.25, 0.3) is 0 Å². The molecule has 0 aliphatic heterocycles. The second-order valence-corrected chi connectivity index (χ2v) is 3.63. The molecule has 0 saturated carbocycles. The number of hydrogen-bond donors (Lipinski definition) is 1. The normalized spacial score (nSPS) is 13.3. The van der Waals surface area contributed by atoms with Crippen LogP contribution in [0, 0.1) is 0 Å². The van der Waals surface area contributed by atoms with Crippen LogP contribution in [0.2, 0.25) is 0 Å². The Labute approximate surface area is 80.6 Å². The molecule has 0 spiro atoms. The molecule has 2 nitrogen and oxygen atoms in total. The topological polar surface area (TPSA) is 37.3 Å². The summed E-state index contributed by atoms with van der Waals surface area (Å²) in [5.74, 6) is 0.215. The van der Waals surface area contributed by atoms with Gasteiger partial charge in [-0.3, -0.25) is 0 Å². The lowest BCUT2D eigenvalue weighted by atomic mass is 10.1. The quantitative estimate of drug-likeness (QED) is 0.591. The van der Waals surface area contributed by atoms with Gasteiger partial charge in [-0.1, -0.05) is 42.5 Å². The highest BCUT2D eigenvalue weighted by Crippen LogP contribution is 1.99. The molecule has 1 aromatic rings. The predicted molar refractivity (Wildman–Crippen MR) is 54.9 cm³/mol. The molecule has 0 heterocycles. The van der Waals surface area contributed by atoms with E-state index >= 15 is 0 Å². The summed E-state index contributed by atoms with van der Waals surface area (Å²) in [6.45, 7) is 0. The summed E-state index contributed by atoms with van der Waals surface area (Å²) in [4.78, 5) is 0. The molecule has 0 aromatic heterocycles. The van der Waals surface area contributed by atoms with Crippen LogP contribution in [-0.4, -0.2) is 14.5 Å². The molecular weight excluding hydrogens is 184 g/mol. The van der Waals surface area contributed by atoms with Crippen molar-refractivity contribution in [2.24, 2.45) is 0 Å². The third-order valence-corrected chi connectivity index (χ3v) is 2.08. The van der Waals surface area contributed by atoms with Crippen LogP contribution < -0.4 is 0 Å². The van der Waals surface area contributed by atoms with E-state index in [0.29, 0.717) is 0 Å². The van der Waals surface area contributed by atoms with Gasteiger partial charge in [0.1, 0.15) is 0 Å². The molecule has 0 aliphatic carbocycles. The highest BCUT2D eigenvalue weighted by atomic mass is 32.2. The fraction of sp³-hybridized carbons (Fsp3) is 0.200. The van der Waals surface area contributed by atoms with E-state index < -0.39 is 11.1 Å². The summed E-state index contributed by atoms with van der Waals surface area (Å²) in [5, 5.41) is 0. The molecule has 1 aromatic carbocycles. The van der Waals surface area contributed by atoms with Crippen LogP contribution in [0.15, 0.2) is 42.5 Å². The fourth-order valence-electron chi connectivity index (χ4n) is 0.984. The van der Waals surface area contributed by atoms with Gasteiger partial charge in [-0.2, -0.15) is 0 Å². The van der Waals surface area contributed by atoms with Gasteiger partial charge in [0, 0.05) is 0 Å². The number of hydrogen-bond acceptors (Lipinski definition) is 1. The Morgan fingerprint density at radius 2 is 1.92 bits per heavy atom. The standard InChI is InChI=1S/C10H12O2S/c11-13(12)9-5-4-8-10-6-2-1-3-7-10/h1-7H,8-9H2,(H,11,12). The summed E-state index contributed by atoms with van der Waals surface area (Å²) in [7, 11) is 0. The lowest BCUT2D eigenvalue weighted by Gasteiger charge is -1.93. The van der Waals surface area contributed by atoms with Crippen LogP contribution in [0.3, 0.4) is 0 Å². The maximum absolute atomic E-state index is 10.3. The minimum atomic E-state index is -1.71. The monoisotopic (exact) mass is 196 g/mol. The van der Waals surface area contributed by atoms with Crippen LogP contribution in [-0.2, 0) is 17.5 Å². The minimum Gasteiger partial charge on any atom is -0.306 e. The SMILES string of the molecule is O=S(O)CC=CCc1ccccc1. The Bertz CT molecular complexity index is 293. The molecule has 1 N–H and O–H groups in total. The summed E-state index contributed by atoms with van der Waals surface area (Å²) >= 11 is -1.71. The fourth-order valence-corrected chi connectivity index (χ4v) is 1.28. The lowest BCUT2D eigenvalue weighted by Crippen LogP contribution is -1.89. The number of rotatable bonds is 4. The van der Waals surface area contributed by atoms with Crippen LogP contribution >= 0.6 is 0 Å². The molecule has 70 valence electrons. The maximum Gasteiger partial charge on any atom is 0.156 e. The maximum atomic E-state index is 10.3. The Kier molecular flexibility index (Phi) is 4.43. The molecule has 1 atom stereocenters. The second-order valence-electron chi connectivity index (χ2n) is 2.65. The van der Waals surface area contributed by atoms with Crippen molar-refractivity contribution >= 4 is 11.1 Å². The summed E-state index contributed by atoms with van der Waals surface area (Å²) in [5.41, 5.74) is 1.21. The van der Waals surface area contributed by atoms with E-state index in [4.69, 9.17) is 4.55 Å². The van der Waals surface area contributed by atoms with Crippen molar-refractivity contribution in [2.45, 2.75) is 6.42 Å². The van der Waals surface area contributed by atoms with Gasteiger partial charge in [-0.25, -0.2) is 4.21 Å². The minimum absolute atomic E-state index is 0.215. The van der Waals surface area contributed by atoms with Gasteiger partial charge in [-0.15, -0.1) is 0 Å². The molecule has 0 amide bonds. The second kappa shape index (κ2) is 5.67. The molecule has 1 unspecified atom stereocenters. The van der Waals surface area contributed by atoms with E-state index in [2.05, 4.69) is 0 Å². The molecule has 1 rings (SSSR count). The molecule has 0 saturated heterocycles. The molecule has 0 fully saturated rings. The third-order valence-electron chi connectivity index (χ3n) is 1.60. The van der Waals surface area contributed by atoms with Crippen molar-refractivity contribution in [1.29, 1.82) is 0 Å². The largest absolute Gasteiger partial charge is 0.306 e. The zero-order chi connectivity index (χ0) is 9.52. The smallest absolute Gasteiger partial charge is 0.156 e. The Morgan fingerprint density at radius 3 is 2.54 bits per heavy atom. The third kappa shape index (κ3) is 4.60. The summed E-state index contributed by atoms with van der Waals surface area (Å²) in [6.07, 6.45) is 4.45. The average molecular weight is 196 g/mol. The van der Waals surface area contributed by atoms with E-state index in [0.717, 1.165) is 6.42 Å². The van der Waals surface area contributed by atoms with Crippen LogP contribution in [0.4, 0.5) is 0 Å². The molecule has 0 bridgehead atoms. The van der Waals surface area contributed by atoms with Gasteiger partial charge in [0.25, 0.3) is 0 Å². The molecule has 0 aliphatic rings. The Hall–Kier alpha value is -0.930. The molecule has 0 radical (unpaired) electrons. The highest BCUT2D eigenvalue weighted by molar-refractivity contribution is 7.79. The van der Waals surface area contributed by atoms with Crippen molar-refractivity contribution in [3.63, 3.8) is 0 Å². The van der Waals surface area contributed by atoms with Crippen molar-refractivity contribution in [1.82, 2.24) is 0 Å². The van der Waals surface area contributed by atoms with E-state index in [1.807, 2.05) is 36.4 Å². The summed E-state index contributed by atoms with van der Waals surface area (Å²) < 4.78 is 18.7. The van der Waals surface area contributed by atoms with Crippen molar-refractivity contribution in [2.75, 3.05) is 5.75 Å². The lowest BCUT2D eigenvalue weighted by molar-refractivity contribution is 0.567. The van der Waals surface area contributed by atoms with Gasteiger partial charge >= 0.3 is 0 Å². The van der Waals surface area contributed by atoms with E-state index in [-0.39, 0.29) is 5.75 Å². The van der Waals surface area contributed by atoms with Gasteiger partial charge in [0.15, 0.2) is 11.1 Å². The van der Waals surface area contributed by atoms with Crippen molar-refractivity contribution in [3.05, 3.63) is 48.0 Å². The zero-order valence-electron chi connectivity index (χ0n) is 7.22. The highest BCUT2D eigenvalue weighted by Gasteiger charge is 1.87. The molecule has 3 heteroatoms.